The van der Waals surface area contributed by atoms with Crippen molar-refractivity contribution in [3.63, 3.8) is 0 Å². The molecule has 3 atom stereocenters. The van der Waals surface area contributed by atoms with Crippen molar-refractivity contribution in [2.45, 2.75) is 32.0 Å². The molecule has 164 valence electrons. The normalized spacial score (nSPS) is 20.4. The summed E-state index contributed by atoms with van der Waals surface area (Å²) in [5, 5.41) is 0. The highest BCUT2D eigenvalue weighted by atomic mass is 16.7. The summed E-state index contributed by atoms with van der Waals surface area (Å²) in [6, 6.07) is 28.3. The molecule has 0 N–H and O–H groups in total. The minimum atomic E-state index is -0.901. The van der Waals surface area contributed by atoms with Crippen LogP contribution in [0, 0.1) is 0 Å². The smallest absolute Gasteiger partial charge is 0.410 e. The van der Waals surface area contributed by atoms with Gasteiger partial charge in [0.15, 0.2) is 0 Å². The third-order valence-corrected chi connectivity index (χ3v) is 5.27. The molecule has 0 saturated carbocycles. The van der Waals surface area contributed by atoms with Gasteiger partial charge in [-0.15, -0.1) is 0 Å². The number of morpholine rings is 1. The van der Waals surface area contributed by atoms with Crippen LogP contribution in [0.15, 0.2) is 91.0 Å². The molecule has 0 spiro atoms. The van der Waals surface area contributed by atoms with Gasteiger partial charge in [0, 0.05) is 6.92 Å². The molecule has 1 aliphatic rings. The molecule has 0 aromatic heterocycles. The second kappa shape index (κ2) is 10.1. The number of hydrogen-bond acceptors (Lipinski definition) is 5. The molecule has 6 heteroatoms. The van der Waals surface area contributed by atoms with Crippen LogP contribution in [0.2, 0.25) is 0 Å². The number of amides is 1. The molecule has 1 aliphatic heterocycles. The minimum Gasteiger partial charge on any atom is -0.445 e. The fourth-order valence-corrected chi connectivity index (χ4v) is 3.87. The molecule has 1 unspecified atom stereocenters. The van der Waals surface area contributed by atoms with E-state index >= 15 is 0 Å². The van der Waals surface area contributed by atoms with Crippen molar-refractivity contribution in [3.8, 4) is 0 Å². The topological polar surface area (TPSA) is 65.1 Å². The van der Waals surface area contributed by atoms with Gasteiger partial charge in [-0.3, -0.25) is 9.69 Å². The molecule has 4 rings (SSSR count). The van der Waals surface area contributed by atoms with E-state index in [9.17, 15) is 9.59 Å². The maximum Gasteiger partial charge on any atom is 0.410 e. The van der Waals surface area contributed by atoms with E-state index in [2.05, 4.69) is 0 Å². The van der Waals surface area contributed by atoms with Crippen LogP contribution in [0.5, 0.6) is 0 Å². The molecule has 0 aliphatic carbocycles. The van der Waals surface area contributed by atoms with Gasteiger partial charge in [0.1, 0.15) is 12.7 Å². The first-order chi connectivity index (χ1) is 15.6. The Hall–Kier alpha value is -3.64. The van der Waals surface area contributed by atoms with E-state index in [4.69, 9.17) is 14.2 Å². The van der Waals surface area contributed by atoms with Gasteiger partial charge in [-0.1, -0.05) is 91.0 Å². The summed E-state index contributed by atoms with van der Waals surface area (Å²) in [7, 11) is 0. The van der Waals surface area contributed by atoms with Crippen molar-refractivity contribution in [2.75, 3.05) is 6.54 Å². The molecule has 1 heterocycles. The van der Waals surface area contributed by atoms with Gasteiger partial charge in [0.25, 0.3) is 0 Å². The van der Waals surface area contributed by atoms with Gasteiger partial charge in [0.2, 0.25) is 6.29 Å². The predicted octanol–water partition coefficient (Wildman–Crippen LogP) is 5.03. The molecular weight excluding hydrogens is 406 g/mol. The molecule has 1 saturated heterocycles. The number of esters is 1. The Morgan fingerprint density at radius 1 is 0.875 bits per heavy atom. The maximum absolute atomic E-state index is 13.3. The van der Waals surface area contributed by atoms with Gasteiger partial charge in [-0.05, 0) is 16.7 Å². The van der Waals surface area contributed by atoms with E-state index in [0.717, 1.165) is 16.7 Å². The summed E-state index contributed by atoms with van der Waals surface area (Å²) in [4.78, 5) is 26.5. The van der Waals surface area contributed by atoms with Crippen molar-refractivity contribution < 1.29 is 23.8 Å². The number of benzene rings is 3. The third kappa shape index (κ3) is 5.15. The third-order valence-electron chi connectivity index (χ3n) is 5.27. The second-order valence-electron chi connectivity index (χ2n) is 7.55. The van der Waals surface area contributed by atoms with E-state index < -0.39 is 30.5 Å². The van der Waals surface area contributed by atoms with Crippen LogP contribution >= 0.6 is 0 Å². The molecule has 32 heavy (non-hydrogen) atoms. The summed E-state index contributed by atoms with van der Waals surface area (Å²) >= 11 is 0. The number of carbonyl (C=O) groups is 2. The lowest BCUT2D eigenvalue weighted by Gasteiger charge is -2.43. The van der Waals surface area contributed by atoms with E-state index in [-0.39, 0.29) is 13.2 Å². The molecule has 1 fully saturated rings. The van der Waals surface area contributed by atoms with Crippen LogP contribution in [-0.4, -0.2) is 29.8 Å². The van der Waals surface area contributed by atoms with Gasteiger partial charge in [-0.2, -0.15) is 0 Å². The Balaban J connectivity index is 1.67. The van der Waals surface area contributed by atoms with Gasteiger partial charge < -0.3 is 14.2 Å². The fourth-order valence-electron chi connectivity index (χ4n) is 3.87. The van der Waals surface area contributed by atoms with Crippen LogP contribution in [0.1, 0.15) is 35.8 Å². The average Bonchev–Trinajstić information content (AvgIpc) is 2.83. The van der Waals surface area contributed by atoms with Crippen molar-refractivity contribution in [1.29, 1.82) is 0 Å². The highest BCUT2D eigenvalue weighted by Gasteiger charge is 2.43. The lowest BCUT2D eigenvalue weighted by atomic mass is 9.93. The summed E-state index contributed by atoms with van der Waals surface area (Å²) in [5.41, 5.74) is 2.67. The molecule has 0 bridgehead atoms. The second-order valence-corrected chi connectivity index (χ2v) is 7.55. The monoisotopic (exact) mass is 431 g/mol. The van der Waals surface area contributed by atoms with Gasteiger partial charge in [0.05, 0.1) is 12.6 Å². The zero-order valence-electron chi connectivity index (χ0n) is 17.8. The highest BCUT2D eigenvalue weighted by molar-refractivity contribution is 5.69. The quantitative estimate of drug-likeness (QED) is 0.531. The summed E-state index contributed by atoms with van der Waals surface area (Å²) < 4.78 is 17.2. The Morgan fingerprint density at radius 2 is 1.44 bits per heavy atom. The maximum atomic E-state index is 13.3. The zero-order valence-corrected chi connectivity index (χ0v) is 17.8. The van der Waals surface area contributed by atoms with Crippen molar-refractivity contribution in [1.82, 2.24) is 4.90 Å². The van der Waals surface area contributed by atoms with Crippen molar-refractivity contribution >= 4 is 12.1 Å². The number of rotatable bonds is 5. The van der Waals surface area contributed by atoms with Crippen LogP contribution in [0.4, 0.5) is 4.79 Å². The number of ether oxygens (including phenoxy) is 3. The number of nitrogens with zero attached hydrogens (tertiary/aromatic N) is 1. The Labute approximate surface area is 187 Å². The van der Waals surface area contributed by atoms with E-state index in [1.54, 1.807) is 4.90 Å². The lowest BCUT2D eigenvalue weighted by molar-refractivity contribution is -0.223. The molecule has 3 aromatic carbocycles. The minimum absolute atomic E-state index is 0.0656. The first kappa shape index (κ1) is 21.6. The lowest BCUT2D eigenvalue weighted by Crippen LogP contribution is -2.50. The zero-order chi connectivity index (χ0) is 22.3. The van der Waals surface area contributed by atoms with Crippen molar-refractivity contribution in [3.05, 3.63) is 108 Å². The number of carbonyl (C=O) groups excluding carboxylic acids is 2. The Kier molecular flexibility index (Phi) is 6.82. The largest absolute Gasteiger partial charge is 0.445 e. The Morgan fingerprint density at radius 3 is 2.03 bits per heavy atom. The van der Waals surface area contributed by atoms with Crippen molar-refractivity contribution in [2.24, 2.45) is 0 Å². The summed E-state index contributed by atoms with van der Waals surface area (Å²) in [6.07, 6.45) is -1.94. The van der Waals surface area contributed by atoms with Crippen LogP contribution < -0.4 is 0 Å². The van der Waals surface area contributed by atoms with Crippen LogP contribution in [-0.2, 0) is 25.6 Å². The summed E-state index contributed by atoms with van der Waals surface area (Å²) in [6.45, 7) is 1.53. The van der Waals surface area contributed by atoms with Crippen LogP contribution in [0.3, 0.4) is 0 Å². The Bertz CT molecular complexity index is 1030. The van der Waals surface area contributed by atoms with E-state index in [1.165, 1.54) is 6.92 Å². The first-order valence-corrected chi connectivity index (χ1v) is 10.5. The van der Waals surface area contributed by atoms with Crippen LogP contribution in [0.25, 0.3) is 0 Å². The number of hydrogen-bond donors (Lipinski definition) is 0. The standard InChI is InChI=1S/C26H25NO5/c1-19(28)31-23-17-27(26(29)30-18-20-11-5-2-6-12-20)24(21-13-7-3-8-14-21)25(32-23)22-15-9-4-10-16-22/h2-16,23-25H,17-18H2,1H3/t23?,24-,25+/m1/s1. The first-order valence-electron chi connectivity index (χ1n) is 10.5. The van der Waals surface area contributed by atoms with E-state index in [0.29, 0.717) is 0 Å². The highest BCUT2D eigenvalue weighted by Crippen LogP contribution is 2.41. The van der Waals surface area contributed by atoms with E-state index in [1.807, 2.05) is 91.0 Å². The SMILES string of the molecule is CC(=O)OC1CN(C(=O)OCc2ccccc2)[C@H](c2ccccc2)[C@H](c2ccccc2)O1. The molecule has 0 radical (unpaired) electrons. The molecule has 6 nitrogen and oxygen atoms in total. The van der Waals surface area contributed by atoms with Gasteiger partial charge >= 0.3 is 12.1 Å². The predicted molar refractivity (Wildman–Crippen MR) is 118 cm³/mol. The molecule has 1 amide bonds. The molecular formula is C26H25NO5. The molecule has 3 aromatic rings. The fraction of sp³-hybridized carbons (Fsp3) is 0.231. The summed E-state index contributed by atoms with van der Waals surface area (Å²) in [5.74, 6) is -0.474. The van der Waals surface area contributed by atoms with Gasteiger partial charge in [-0.25, -0.2) is 4.79 Å². The average molecular weight is 431 g/mol.